The summed E-state index contributed by atoms with van der Waals surface area (Å²) in [5.74, 6) is 2.74. The van der Waals surface area contributed by atoms with Crippen molar-refractivity contribution in [1.82, 2.24) is 0 Å². The first-order valence-electron chi connectivity index (χ1n) is 6.05. The third kappa shape index (κ3) is 1.84. The Bertz CT molecular complexity index is 542. The molecule has 2 rings (SSSR count). The molecule has 1 aromatic carbocycles. The Morgan fingerprint density at radius 3 is 2.67 bits per heavy atom. The number of terminal acetylenes is 1. The SMILES string of the molecule is C#Cc1c(Br)cc(C)c2c1[C@@H](C)[C@H](O)C(C)(C)N2. The van der Waals surface area contributed by atoms with Gasteiger partial charge in [-0.2, -0.15) is 0 Å². The second-order valence-electron chi connectivity index (χ2n) is 5.56. The summed E-state index contributed by atoms with van der Waals surface area (Å²) in [6.45, 7) is 8.10. The minimum absolute atomic E-state index is 0.0125. The maximum absolute atomic E-state index is 10.4. The molecule has 1 aliphatic heterocycles. The molecule has 0 aromatic heterocycles. The number of aryl methyl sites for hydroxylation is 1. The Morgan fingerprint density at radius 1 is 1.50 bits per heavy atom. The molecule has 0 bridgehead atoms. The van der Waals surface area contributed by atoms with Crippen molar-refractivity contribution in [2.75, 3.05) is 5.32 Å². The van der Waals surface area contributed by atoms with Crippen molar-refractivity contribution >= 4 is 21.6 Å². The molecule has 0 fully saturated rings. The molecule has 2 nitrogen and oxygen atoms in total. The van der Waals surface area contributed by atoms with Crippen LogP contribution in [0.2, 0.25) is 0 Å². The fourth-order valence-corrected chi connectivity index (χ4v) is 3.42. The van der Waals surface area contributed by atoms with E-state index >= 15 is 0 Å². The molecule has 0 aliphatic carbocycles. The number of halogens is 1. The highest BCUT2D eigenvalue weighted by Gasteiger charge is 2.40. The second-order valence-corrected chi connectivity index (χ2v) is 6.42. The summed E-state index contributed by atoms with van der Waals surface area (Å²) in [6, 6.07) is 2.03. The molecule has 96 valence electrons. The van der Waals surface area contributed by atoms with Crippen LogP contribution in [0.3, 0.4) is 0 Å². The maximum atomic E-state index is 10.4. The molecule has 0 radical (unpaired) electrons. The van der Waals surface area contributed by atoms with E-state index in [4.69, 9.17) is 6.42 Å². The second kappa shape index (κ2) is 4.29. The average Bonchev–Trinajstić information content (AvgIpc) is 2.28. The summed E-state index contributed by atoms with van der Waals surface area (Å²) in [5, 5.41) is 13.8. The molecule has 0 saturated carbocycles. The molecular formula is C15H18BrNO. The summed E-state index contributed by atoms with van der Waals surface area (Å²) in [7, 11) is 0. The summed E-state index contributed by atoms with van der Waals surface area (Å²) < 4.78 is 0.918. The van der Waals surface area contributed by atoms with Gasteiger partial charge in [0.05, 0.1) is 11.6 Å². The lowest BCUT2D eigenvalue weighted by Gasteiger charge is -2.43. The number of anilines is 1. The van der Waals surface area contributed by atoms with Crippen LogP contribution in [-0.2, 0) is 0 Å². The number of nitrogens with one attached hydrogen (secondary N) is 1. The first-order valence-corrected chi connectivity index (χ1v) is 6.84. The van der Waals surface area contributed by atoms with E-state index in [1.165, 1.54) is 0 Å². The van der Waals surface area contributed by atoms with Crippen LogP contribution in [-0.4, -0.2) is 16.7 Å². The number of fused-ring (bicyclic) bond motifs is 1. The zero-order valence-electron chi connectivity index (χ0n) is 11.1. The van der Waals surface area contributed by atoms with Gasteiger partial charge >= 0.3 is 0 Å². The van der Waals surface area contributed by atoms with Crippen LogP contribution < -0.4 is 5.32 Å². The van der Waals surface area contributed by atoms with Gasteiger partial charge < -0.3 is 10.4 Å². The Morgan fingerprint density at radius 2 is 2.11 bits per heavy atom. The van der Waals surface area contributed by atoms with Gasteiger partial charge in [-0.15, -0.1) is 6.42 Å². The molecule has 0 amide bonds. The minimum Gasteiger partial charge on any atom is -0.390 e. The zero-order valence-corrected chi connectivity index (χ0v) is 12.7. The van der Waals surface area contributed by atoms with Gasteiger partial charge in [-0.3, -0.25) is 0 Å². The molecule has 0 unspecified atom stereocenters. The summed E-state index contributed by atoms with van der Waals surface area (Å²) in [6.07, 6.45) is 5.14. The smallest absolute Gasteiger partial charge is 0.0831 e. The quantitative estimate of drug-likeness (QED) is 0.720. The highest BCUT2D eigenvalue weighted by Crippen LogP contribution is 2.44. The van der Waals surface area contributed by atoms with E-state index < -0.39 is 6.10 Å². The lowest BCUT2D eigenvalue weighted by molar-refractivity contribution is 0.0867. The highest BCUT2D eigenvalue weighted by atomic mass is 79.9. The van der Waals surface area contributed by atoms with Crippen LogP contribution >= 0.6 is 15.9 Å². The molecule has 3 heteroatoms. The maximum Gasteiger partial charge on any atom is 0.0831 e. The van der Waals surface area contributed by atoms with Crippen molar-refractivity contribution in [2.24, 2.45) is 0 Å². The molecule has 18 heavy (non-hydrogen) atoms. The van der Waals surface area contributed by atoms with Crippen LogP contribution in [0.1, 0.15) is 43.4 Å². The van der Waals surface area contributed by atoms with Gasteiger partial charge in [-0.1, -0.05) is 12.8 Å². The molecule has 0 spiro atoms. The van der Waals surface area contributed by atoms with E-state index in [1.54, 1.807) is 0 Å². The average molecular weight is 308 g/mol. The summed E-state index contributed by atoms with van der Waals surface area (Å²) in [4.78, 5) is 0. The lowest BCUT2D eigenvalue weighted by atomic mass is 9.76. The largest absolute Gasteiger partial charge is 0.390 e. The third-order valence-electron chi connectivity index (χ3n) is 3.77. The summed E-state index contributed by atoms with van der Waals surface area (Å²) in [5.41, 5.74) is 3.73. The van der Waals surface area contributed by atoms with Crippen LogP contribution in [0.5, 0.6) is 0 Å². The van der Waals surface area contributed by atoms with E-state index in [1.807, 2.05) is 26.8 Å². The van der Waals surface area contributed by atoms with Crippen LogP contribution in [0.4, 0.5) is 5.69 Å². The molecular weight excluding hydrogens is 290 g/mol. The van der Waals surface area contributed by atoms with Crippen molar-refractivity contribution < 1.29 is 5.11 Å². The normalized spacial score (nSPS) is 24.9. The fraction of sp³-hybridized carbons (Fsp3) is 0.467. The minimum atomic E-state index is -0.467. The molecule has 2 N–H and O–H groups in total. The van der Waals surface area contributed by atoms with E-state index in [0.717, 1.165) is 26.9 Å². The number of benzene rings is 1. The van der Waals surface area contributed by atoms with Gasteiger partial charge in [0.15, 0.2) is 0 Å². The van der Waals surface area contributed by atoms with Crippen molar-refractivity contribution in [3.63, 3.8) is 0 Å². The monoisotopic (exact) mass is 307 g/mol. The topological polar surface area (TPSA) is 32.3 Å². The molecule has 2 atom stereocenters. The van der Waals surface area contributed by atoms with E-state index in [0.29, 0.717) is 0 Å². The molecule has 1 aromatic rings. The van der Waals surface area contributed by atoms with Crippen molar-refractivity contribution in [2.45, 2.75) is 45.3 Å². The number of aliphatic hydroxyl groups excluding tert-OH is 1. The standard InChI is InChI=1S/C15H18BrNO/c1-6-10-11(16)7-8(2)13-12(10)9(3)14(18)15(4,5)17-13/h1,7,9,14,17-18H,2-5H3/t9-,14+/m1/s1. The summed E-state index contributed by atoms with van der Waals surface area (Å²) >= 11 is 3.51. The van der Waals surface area contributed by atoms with Crippen LogP contribution in [0.25, 0.3) is 0 Å². The van der Waals surface area contributed by atoms with E-state index in [-0.39, 0.29) is 11.5 Å². The molecule has 0 saturated heterocycles. The predicted octanol–water partition coefficient (Wildman–Crippen LogP) is 3.41. The van der Waals surface area contributed by atoms with E-state index in [2.05, 4.69) is 34.1 Å². The molecule has 1 aliphatic rings. The Labute approximate surface area is 117 Å². The Kier molecular flexibility index (Phi) is 3.21. The van der Waals surface area contributed by atoms with Crippen LogP contribution in [0.15, 0.2) is 10.5 Å². The number of hydrogen-bond donors (Lipinski definition) is 2. The van der Waals surface area contributed by atoms with Gasteiger partial charge in [0, 0.05) is 21.6 Å². The Balaban J connectivity index is 2.75. The zero-order chi connectivity index (χ0) is 13.7. The molecule has 1 heterocycles. The number of rotatable bonds is 0. The number of aliphatic hydroxyl groups is 1. The lowest BCUT2D eigenvalue weighted by Crippen LogP contribution is -2.50. The van der Waals surface area contributed by atoms with Crippen LogP contribution in [0, 0.1) is 19.3 Å². The predicted molar refractivity (Wildman–Crippen MR) is 78.9 cm³/mol. The first kappa shape index (κ1) is 13.5. The number of hydrogen-bond acceptors (Lipinski definition) is 2. The third-order valence-corrected chi connectivity index (χ3v) is 4.40. The van der Waals surface area contributed by atoms with Gasteiger partial charge in [-0.05, 0) is 53.9 Å². The van der Waals surface area contributed by atoms with Crippen molar-refractivity contribution in [3.8, 4) is 12.3 Å². The van der Waals surface area contributed by atoms with Crippen molar-refractivity contribution in [3.05, 3.63) is 27.2 Å². The Hall–Kier alpha value is -0.980. The van der Waals surface area contributed by atoms with Gasteiger partial charge in [-0.25, -0.2) is 0 Å². The van der Waals surface area contributed by atoms with Gasteiger partial charge in [0.1, 0.15) is 0 Å². The fourth-order valence-electron chi connectivity index (χ4n) is 2.75. The first-order chi connectivity index (χ1) is 8.29. The highest BCUT2D eigenvalue weighted by molar-refractivity contribution is 9.10. The van der Waals surface area contributed by atoms with Gasteiger partial charge in [0.25, 0.3) is 0 Å². The van der Waals surface area contributed by atoms with Gasteiger partial charge in [0.2, 0.25) is 0 Å². The van der Waals surface area contributed by atoms with Crippen molar-refractivity contribution in [1.29, 1.82) is 0 Å². The van der Waals surface area contributed by atoms with E-state index in [9.17, 15) is 5.11 Å².